The molecule has 0 aliphatic rings. The molecular weight excluding hydrogens is 447 g/mol. The third-order valence-corrected chi connectivity index (χ3v) is 1.64. The average molecular weight is 461 g/mol. The largest absolute Gasteiger partial charge is 0.512 e. The van der Waals surface area contributed by atoms with E-state index in [9.17, 15) is 35.9 Å². The van der Waals surface area contributed by atoms with E-state index in [2.05, 4.69) is 4.74 Å². The van der Waals surface area contributed by atoms with Crippen molar-refractivity contribution >= 4 is 20.8 Å². The van der Waals surface area contributed by atoms with Gasteiger partial charge in [0.2, 0.25) is 5.76 Å². The average Bonchev–Trinajstić information content (AvgIpc) is 2.24. The predicted octanol–water partition coefficient (Wildman–Crippen LogP) is 3.45. The fourth-order valence-electron chi connectivity index (χ4n) is 0.790. The zero-order chi connectivity index (χ0) is 18.1. The third kappa shape index (κ3) is 15.8. The van der Waals surface area contributed by atoms with Crippen LogP contribution in [0.5, 0.6) is 0 Å². The molecule has 23 heavy (non-hydrogen) atoms. The summed E-state index contributed by atoms with van der Waals surface area (Å²) in [5.41, 5.74) is 0. The maximum Gasteiger partial charge on any atom is 0.454 e. The minimum Gasteiger partial charge on any atom is -0.512 e. The van der Waals surface area contributed by atoms with Crippen molar-refractivity contribution in [3.05, 3.63) is 23.7 Å². The van der Waals surface area contributed by atoms with Crippen LogP contribution < -0.4 is 0 Å². The molecular formula is C11H13F6O4PPd. The Morgan fingerprint density at radius 3 is 1.65 bits per heavy atom. The predicted molar refractivity (Wildman–Crippen MR) is 67.9 cm³/mol. The van der Waals surface area contributed by atoms with Gasteiger partial charge in [-0.05, 0) is 13.8 Å². The number of aliphatic hydroxyl groups excluding tert-OH is 1. The van der Waals surface area contributed by atoms with Crippen molar-refractivity contribution in [2.75, 3.05) is 6.35 Å². The Labute approximate surface area is 143 Å². The number of carbonyl (C=O) groups excluding carboxylic acids is 2. The van der Waals surface area contributed by atoms with E-state index in [0.29, 0.717) is 0 Å². The molecule has 138 valence electrons. The Morgan fingerprint density at radius 2 is 1.48 bits per heavy atom. The Morgan fingerprint density at radius 1 is 1.04 bits per heavy atom. The van der Waals surface area contributed by atoms with Crippen LogP contribution in [0.3, 0.4) is 0 Å². The van der Waals surface area contributed by atoms with Crippen LogP contribution in [0.2, 0.25) is 0 Å². The van der Waals surface area contributed by atoms with Crippen molar-refractivity contribution in [1.82, 2.24) is 0 Å². The summed E-state index contributed by atoms with van der Waals surface area (Å²) in [5.74, 6) is -4.65. The summed E-state index contributed by atoms with van der Waals surface area (Å²) in [6.45, 7) is 2.85. The van der Waals surface area contributed by atoms with Crippen LogP contribution in [-0.4, -0.2) is 35.4 Å². The molecule has 0 saturated heterocycles. The molecule has 0 bridgehead atoms. The number of hydrogen-bond acceptors (Lipinski definition) is 4. The molecule has 0 aromatic heterocycles. The molecule has 0 saturated carbocycles. The van der Waals surface area contributed by atoms with Crippen molar-refractivity contribution in [3.8, 4) is 0 Å². The number of hydrogen-bond donors (Lipinski definition) is 1. The minimum absolute atomic E-state index is 0. The van der Waals surface area contributed by atoms with E-state index in [-0.39, 0.29) is 32.0 Å². The molecule has 12 heteroatoms. The van der Waals surface area contributed by atoms with E-state index < -0.39 is 36.3 Å². The number of carbonyl (C=O) groups is 2. The molecule has 1 N–H and O–H groups in total. The van der Waals surface area contributed by atoms with Crippen molar-refractivity contribution in [1.29, 1.82) is 0 Å². The Hall–Kier alpha value is -0.908. The first kappa shape index (κ1) is 27.0. The summed E-state index contributed by atoms with van der Waals surface area (Å²) in [5, 5.41) is 8.36. The fraction of sp³-hybridized carbons (Fsp3) is 0.455. The second-order valence-electron chi connectivity index (χ2n) is 3.58. The molecule has 1 atom stereocenters. The van der Waals surface area contributed by atoms with Crippen molar-refractivity contribution in [2.45, 2.75) is 26.2 Å². The van der Waals surface area contributed by atoms with Gasteiger partial charge in [-0.15, -0.1) is 0 Å². The zero-order valence-electron chi connectivity index (χ0n) is 11.7. The van der Waals surface area contributed by atoms with Gasteiger partial charge in [-0.25, -0.2) is 0 Å². The molecule has 0 aliphatic carbocycles. The summed E-state index contributed by atoms with van der Waals surface area (Å²) >= 11 is 0. The van der Waals surface area contributed by atoms with E-state index in [1.807, 2.05) is 0 Å². The number of ether oxygens (including phenoxy) is 1. The second-order valence-corrected chi connectivity index (χ2v) is 3.91. The summed E-state index contributed by atoms with van der Waals surface area (Å²) in [4.78, 5) is 20.2. The number of ketones is 2. The van der Waals surface area contributed by atoms with Gasteiger partial charge < -0.3 is 9.84 Å². The molecule has 0 fully saturated rings. The molecule has 0 aromatic rings. The molecule has 0 aliphatic heterocycles. The summed E-state index contributed by atoms with van der Waals surface area (Å²) < 4.78 is 74.5. The van der Waals surface area contributed by atoms with E-state index in [1.165, 1.54) is 19.9 Å². The molecule has 0 heterocycles. The monoisotopic (exact) mass is 460 g/mol. The number of alkyl halides is 6. The van der Waals surface area contributed by atoms with Crippen LogP contribution in [0.4, 0.5) is 26.3 Å². The van der Waals surface area contributed by atoms with Crippen LogP contribution in [0.25, 0.3) is 0 Å². The maximum absolute atomic E-state index is 11.9. The van der Waals surface area contributed by atoms with Gasteiger partial charge in [-0.1, -0.05) is 9.24 Å². The normalized spacial score (nSPS) is 12.6. The van der Waals surface area contributed by atoms with E-state index in [4.69, 9.17) is 5.11 Å². The fourth-order valence-corrected chi connectivity index (χ4v) is 0.970. The number of rotatable bonds is 4. The topological polar surface area (TPSA) is 63.6 Å². The second kappa shape index (κ2) is 11.6. The van der Waals surface area contributed by atoms with Gasteiger partial charge in [0.1, 0.15) is 6.35 Å². The maximum atomic E-state index is 11.9. The Kier molecular flexibility index (Phi) is 13.6. The molecule has 1 unspecified atom stereocenters. The summed E-state index contributed by atoms with van der Waals surface area (Å²) in [6, 6.07) is 0. The number of aliphatic hydroxyl groups is 1. The first-order chi connectivity index (χ1) is 9.71. The van der Waals surface area contributed by atoms with Gasteiger partial charge in [-0.3, -0.25) is 9.59 Å². The van der Waals surface area contributed by atoms with Crippen LogP contribution in [0.1, 0.15) is 13.8 Å². The molecule has 4 nitrogen and oxygen atoms in total. The SMILES string of the molecule is CC(=O)/C=C(/C)O.O=C(/C=C(\OCP)C(F)(F)F)C(F)(F)F.[Pd]. The molecule has 0 radical (unpaired) electrons. The van der Waals surface area contributed by atoms with Crippen LogP contribution in [0.15, 0.2) is 23.7 Å². The standard InChI is InChI=1S/C6H5F6O2P.C5H8O2.Pd/c7-5(8,9)3(13)1-4(14-2-15)6(10,11)12;1-4(6)3-5(2)7;/h1H,2,15H2;3,6H,1-2H3;/b4-1-;4-3-;. The van der Waals surface area contributed by atoms with E-state index >= 15 is 0 Å². The Balaban J connectivity index is -0.000000425. The van der Waals surface area contributed by atoms with Crippen molar-refractivity contribution in [2.24, 2.45) is 0 Å². The van der Waals surface area contributed by atoms with Gasteiger partial charge in [0.25, 0.3) is 5.78 Å². The summed E-state index contributed by atoms with van der Waals surface area (Å²) in [6.07, 6.45) is -10.5. The van der Waals surface area contributed by atoms with Crippen LogP contribution in [-0.2, 0) is 34.7 Å². The third-order valence-electron chi connectivity index (χ3n) is 1.47. The smallest absolute Gasteiger partial charge is 0.454 e. The van der Waals surface area contributed by atoms with Gasteiger partial charge in [-0.2, -0.15) is 26.3 Å². The molecule has 0 amide bonds. The van der Waals surface area contributed by atoms with E-state index in [0.717, 1.165) is 0 Å². The zero-order valence-corrected chi connectivity index (χ0v) is 14.4. The first-order valence-electron chi connectivity index (χ1n) is 5.32. The van der Waals surface area contributed by atoms with Crippen LogP contribution in [0, 0.1) is 0 Å². The summed E-state index contributed by atoms with van der Waals surface area (Å²) in [7, 11) is 1.72. The van der Waals surface area contributed by atoms with Gasteiger partial charge in [0.05, 0.1) is 5.76 Å². The molecule has 0 spiro atoms. The van der Waals surface area contributed by atoms with Crippen molar-refractivity contribution < 1.29 is 66.2 Å². The molecule has 0 rings (SSSR count). The number of halogens is 6. The van der Waals surface area contributed by atoms with Crippen LogP contribution >= 0.6 is 9.24 Å². The first-order valence-corrected chi connectivity index (χ1v) is 6.14. The van der Waals surface area contributed by atoms with Gasteiger partial charge in [0.15, 0.2) is 5.78 Å². The molecule has 0 aromatic carbocycles. The number of allylic oxidation sites excluding steroid dienone is 4. The Bertz CT molecular complexity index is 452. The van der Waals surface area contributed by atoms with E-state index in [1.54, 1.807) is 9.24 Å². The van der Waals surface area contributed by atoms with Gasteiger partial charge in [0, 0.05) is 32.6 Å². The minimum atomic E-state index is -5.35. The van der Waals surface area contributed by atoms with Crippen molar-refractivity contribution in [3.63, 3.8) is 0 Å². The quantitative estimate of drug-likeness (QED) is 0.230. The van der Waals surface area contributed by atoms with Gasteiger partial charge >= 0.3 is 12.4 Å².